The standard InChI is InChI=1S/C11H16N4O2/c1-2-15(7-9-4-3-5-16-9)8-10-13-11(6-12)17-14-10/h3-5H,2,6-8,12H2,1H3. The number of hydrogen-bond acceptors (Lipinski definition) is 6. The van der Waals surface area contributed by atoms with E-state index in [9.17, 15) is 0 Å². The topological polar surface area (TPSA) is 81.3 Å². The molecule has 2 aromatic rings. The molecule has 2 aromatic heterocycles. The molecule has 0 saturated carbocycles. The van der Waals surface area contributed by atoms with Gasteiger partial charge in [-0.25, -0.2) is 0 Å². The van der Waals surface area contributed by atoms with Gasteiger partial charge < -0.3 is 14.7 Å². The fourth-order valence-corrected chi connectivity index (χ4v) is 1.54. The van der Waals surface area contributed by atoms with Crippen LogP contribution in [0.3, 0.4) is 0 Å². The number of nitrogens with two attached hydrogens (primary N) is 1. The van der Waals surface area contributed by atoms with Crippen molar-refractivity contribution >= 4 is 0 Å². The molecule has 6 nitrogen and oxygen atoms in total. The molecule has 0 saturated heterocycles. The molecule has 0 aromatic carbocycles. The summed E-state index contributed by atoms with van der Waals surface area (Å²) < 4.78 is 10.3. The predicted molar refractivity (Wildman–Crippen MR) is 60.7 cm³/mol. The zero-order valence-corrected chi connectivity index (χ0v) is 9.80. The zero-order chi connectivity index (χ0) is 12.1. The van der Waals surface area contributed by atoms with Crippen LogP contribution in [0.15, 0.2) is 27.3 Å². The summed E-state index contributed by atoms with van der Waals surface area (Å²) in [6, 6.07) is 3.83. The largest absolute Gasteiger partial charge is 0.468 e. The highest BCUT2D eigenvalue weighted by Crippen LogP contribution is 2.08. The molecule has 0 aliphatic heterocycles. The molecule has 2 rings (SSSR count). The van der Waals surface area contributed by atoms with Gasteiger partial charge in [0.25, 0.3) is 0 Å². The normalized spacial score (nSPS) is 11.2. The van der Waals surface area contributed by atoms with Crippen LogP contribution in [0.25, 0.3) is 0 Å². The second kappa shape index (κ2) is 5.60. The average molecular weight is 236 g/mol. The molecular weight excluding hydrogens is 220 g/mol. The van der Waals surface area contributed by atoms with Crippen LogP contribution < -0.4 is 5.73 Å². The van der Waals surface area contributed by atoms with Crippen molar-refractivity contribution in [2.24, 2.45) is 5.73 Å². The van der Waals surface area contributed by atoms with Gasteiger partial charge in [-0.05, 0) is 18.7 Å². The molecule has 0 aliphatic rings. The van der Waals surface area contributed by atoms with Crippen LogP contribution >= 0.6 is 0 Å². The van der Waals surface area contributed by atoms with Gasteiger partial charge >= 0.3 is 0 Å². The molecule has 0 bridgehead atoms. The first-order chi connectivity index (χ1) is 8.31. The quantitative estimate of drug-likeness (QED) is 0.810. The minimum Gasteiger partial charge on any atom is -0.468 e. The lowest BCUT2D eigenvalue weighted by Crippen LogP contribution is -2.22. The van der Waals surface area contributed by atoms with E-state index < -0.39 is 0 Å². The summed E-state index contributed by atoms with van der Waals surface area (Å²) in [6.45, 7) is 4.59. The van der Waals surface area contributed by atoms with E-state index in [2.05, 4.69) is 22.0 Å². The average Bonchev–Trinajstić information content (AvgIpc) is 2.99. The second-order valence-electron chi connectivity index (χ2n) is 3.69. The molecule has 17 heavy (non-hydrogen) atoms. The van der Waals surface area contributed by atoms with Crippen molar-refractivity contribution in [2.75, 3.05) is 6.54 Å². The van der Waals surface area contributed by atoms with E-state index in [-0.39, 0.29) is 6.54 Å². The molecule has 0 aliphatic carbocycles. The maximum Gasteiger partial charge on any atom is 0.240 e. The summed E-state index contributed by atoms with van der Waals surface area (Å²) in [5, 5.41) is 3.87. The molecule has 2 N–H and O–H groups in total. The Bertz CT molecular complexity index is 438. The van der Waals surface area contributed by atoms with Crippen LogP contribution in [0, 0.1) is 0 Å². The van der Waals surface area contributed by atoms with E-state index in [0.717, 1.165) is 18.8 Å². The van der Waals surface area contributed by atoms with Gasteiger partial charge in [-0.15, -0.1) is 0 Å². The predicted octanol–water partition coefficient (Wildman–Crippen LogP) is 1.14. The first kappa shape index (κ1) is 11.8. The summed E-state index contributed by atoms with van der Waals surface area (Å²) in [7, 11) is 0. The summed E-state index contributed by atoms with van der Waals surface area (Å²) in [4.78, 5) is 6.33. The van der Waals surface area contributed by atoms with E-state index in [1.54, 1.807) is 6.26 Å². The third-order valence-corrected chi connectivity index (χ3v) is 2.46. The Kier molecular flexibility index (Phi) is 3.89. The van der Waals surface area contributed by atoms with Crippen molar-refractivity contribution < 1.29 is 8.94 Å². The number of nitrogens with zero attached hydrogens (tertiary/aromatic N) is 3. The van der Waals surface area contributed by atoms with Gasteiger partial charge in [0.2, 0.25) is 5.89 Å². The van der Waals surface area contributed by atoms with Gasteiger partial charge in [0.05, 0.1) is 25.9 Å². The molecule has 0 fully saturated rings. The second-order valence-corrected chi connectivity index (χ2v) is 3.69. The number of hydrogen-bond donors (Lipinski definition) is 1. The number of rotatable bonds is 6. The Morgan fingerprint density at radius 2 is 2.29 bits per heavy atom. The van der Waals surface area contributed by atoms with Crippen LogP contribution in [-0.2, 0) is 19.6 Å². The van der Waals surface area contributed by atoms with E-state index in [0.29, 0.717) is 18.3 Å². The Balaban J connectivity index is 1.95. The molecule has 0 unspecified atom stereocenters. The Hall–Kier alpha value is -1.66. The van der Waals surface area contributed by atoms with E-state index in [1.165, 1.54) is 0 Å². The van der Waals surface area contributed by atoms with Crippen molar-refractivity contribution in [3.8, 4) is 0 Å². The molecule has 2 heterocycles. The van der Waals surface area contributed by atoms with Crippen LogP contribution in [0.1, 0.15) is 24.4 Å². The van der Waals surface area contributed by atoms with Gasteiger partial charge in [0.15, 0.2) is 5.82 Å². The van der Waals surface area contributed by atoms with E-state index >= 15 is 0 Å². The summed E-state index contributed by atoms with van der Waals surface area (Å²) in [5.74, 6) is 2.04. The Labute approximate surface area is 99.4 Å². The van der Waals surface area contributed by atoms with Crippen LogP contribution in [0.5, 0.6) is 0 Å². The SMILES string of the molecule is CCN(Cc1noc(CN)n1)Cc1ccco1. The fourth-order valence-electron chi connectivity index (χ4n) is 1.54. The van der Waals surface area contributed by atoms with E-state index in [4.69, 9.17) is 14.7 Å². The molecule has 6 heteroatoms. The lowest BCUT2D eigenvalue weighted by Gasteiger charge is -2.16. The third-order valence-electron chi connectivity index (χ3n) is 2.46. The maximum atomic E-state index is 5.41. The minimum atomic E-state index is 0.275. The van der Waals surface area contributed by atoms with Crippen molar-refractivity contribution in [3.05, 3.63) is 35.9 Å². The molecular formula is C11H16N4O2. The summed E-state index contributed by atoms with van der Waals surface area (Å²) in [5.41, 5.74) is 5.41. The van der Waals surface area contributed by atoms with Crippen molar-refractivity contribution in [3.63, 3.8) is 0 Å². The lowest BCUT2D eigenvalue weighted by atomic mass is 10.4. The van der Waals surface area contributed by atoms with Gasteiger partial charge in [0.1, 0.15) is 5.76 Å². The molecule has 0 radical (unpaired) electrons. The van der Waals surface area contributed by atoms with Crippen molar-refractivity contribution in [1.29, 1.82) is 0 Å². The molecule has 0 amide bonds. The fraction of sp³-hybridized carbons (Fsp3) is 0.455. The number of furan rings is 1. The van der Waals surface area contributed by atoms with Crippen molar-refractivity contribution in [2.45, 2.75) is 26.6 Å². The van der Waals surface area contributed by atoms with Gasteiger partial charge in [0, 0.05) is 0 Å². The molecule has 0 atom stereocenters. The lowest BCUT2D eigenvalue weighted by molar-refractivity contribution is 0.238. The van der Waals surface area contributed by atoms with Gasteiger partial charge in [-0.3, -0.25) is 4.90 Å². The highest BCUT2D eigenvalue weighted by Gasteiger charge is 2.11. The van der Waals surface area contributed by atoms with Crippen LogP contribution in [0.2, 0.25) is 0 Å². The molecule has 0 spiro atoms. The van der Waals surface area contributed by atoms with Crippen LogP contribution in [-0.4, -0.2) is 21.6 Å². The minimum absolute atomic E-state index is 0.275. The molecule has 92 valence electrons. The zero-order valence-electron chi connectivity index (χ0n) is 9.80. The van der Waals surface area contributed by atoms with E-state index in [1.807, 2.05) is 12.1 Å². The van der Waals surface area contributed by atoms with Gasteiger partial charge in [-0.1, -0.05) is 12.1 Å². The highest BCUT2D eigenvalue weighted by molar-refractivity contribution is 4.98. The number of aromatic nitrogens is 2. The highest BCUT2D eigenvalue weighted by atomic mass is 16.5. The monoisotopic (exact) mass is 236 g/mol. The summed E-state index contributed by atoms with van der Waals surface area (Å²) in [6.07, 6.45) is 1.67. The third kappa shape index (κ3) is 3.15. The maximum absolute atomic E-state index is 5.41. The Morgan fingerprint density at radius 1 is 1.41 bits per heavy atom. The van der Waals surface area contributed by atoms with Crippen molar-refractivity contribution in [1.82, 2.24) is 15.0 Å². The smallest absolute Gasteiger partial charge is 0.240 e. The Morgan fingerprint density at radius 3 is 2.88 bits per heavy atom. The first-order valence-electron chi connectivity index (χ1n) is 5.58. The first-order valence-corrected chi connectivity index (χ1v) is 5.58. The summed E-state index contributed by atoms with van der Waals surface area (Å²) >= 11 is 0. The van der Waals surface area contributed by atoms with Crippen LogP contribution in [0.4, 0.5) is 0 Å². The van der Waals surface area contributed by atoms with Gasteiger partial charge in [-0.2, -0.15) is 4.98 Å².